The second-order valence-electron chi connectivity index (χ2n) is 7.39. The minimum absolute atomic E-state index is 0.164. The summed E-state index contributed by atoms with van der Waals surface area (Å²) in [7, 11) is 0. The van der Waals surface area contributed by atoms with Gasteiger partial charge < -0.3 is 15.0 Å². The molecule has 1 fully saturated rings. The SMILES string of the molecule is CC(C)(C)OC(=O)N1CCC(CNCC2CC=CCC2)C1. The van der Waals surface area contributed by atoms with E-state index < -0.39 is 5.60 Å². The summed E-state index contributed by atoms with van der Waals surface area (Å²) in [4.78, 5) is 13.9. The Morgan fingerprint density at radius 2 is 2.00 bits per heavy atom. The van der Waals surface area contributed by atoms with Crippen LogP contribution in [0.25, 0.3) is 0 Å². The zero-order valence-electron chi connectivity index (χ0n) is 13.7. The van der Waals surface area contributed by atoms with Gasteiger partial charge in [0.1, 0.15) is 5.60 Å². The van der Waals surface area contributed by atoms with Crippen LogP contribution in [-0.4, -0.2) is 42.8 Å². The molecule has 2 rings (SSSR count). The van der Waals surface area contributed by atoms with Crippen LogP contribution < -0.4 is 5.32 Å². The molecule has 0 aromatic carbocycles. The third-order valence-corrected chi connectivity index (χ3v) is 4.18. The molecule has 0 aromatic heterocycles. The van der Waals surface area contributed by atoms with Crippen LogP contribution in [0.5, 0.6) is 0 Å². The van der Waals surface area contributed by atoms with Gasteiger partial charge >= 0.3 is 6.09 Å². The maximum Gasteiger partial charge on any atom is 0.410 e. The summed E-state index contributed by atoms with van der Waals surface area (Å²) in [5, 5.41) is 3.59. The highest BCUT2D eigenvalue weighted by Gasteiger charge is 2.29. The van der Waals surface area contributed by atoms with Crippen molar-refractivity contribution >= 4 is 6.09 Å². The third-order valence-electron chi connectivity index (χ3n) is 4.18. The molecular formula is C17H30N2O2. The number of rotatable bonds is 4. The van der Waals surface area contributed by atoms with E-state index in [1.807, 2.05) is 25.7 Å². The monoisotopic (exact) mass is 294 g/mol. The van der Waals surface area contributed by atoms with E-state index in [0.717, 1.165) is 38.5 Å². The number of allylic oxidation sites excluding steroid dienone is 2. The minimum Gasteiger partial charge on any atom is -0.444 e. The third kappa shape index (κ3) is 5.70. The largest absolute Gasteiger partial charge is 0.444 e. The number of likely N-dealkylation sites (tertiary alicyclic amines) is 1. The first kappa shape index (κ1) is 16.3. The van der Waals surface area contributed by atoms with Crippen LogP contribution in [0.4, 0.5) is 4.79 Å². The van der Waals surface area contributed by atoms with Gasteiger partial charge in [-0.05, 0) is 71.4 Å². The molecule has 0 radical (unpaired) electrons. The van der Waals surface area contributed by atoms with Gasteiger partial charge in [-0.2, -0.15) is 0 Å². The van der Waals surface area contributed by atoms with Gasteiger partial charge in [-0.25, -0.2) is 4.79 Å². The van der Waals surface area contributed by atoms with Gasteiger partial charge in [0.25, 0.3) is 0 Å². The Bertz CT molecular complexity index is 373. The van der Waals surface area contributed by atoms with Crippen molar-refractivity contribution in [3.63, 3.8) is 0 Å². The molecule has 2 unspecified atom stereocenters. The van der Waals surface area contributed by atoms with Gasteiger partial charge in [-0.1, -0.05) is 12.2 Å². The van der Waals surface area contributed by atoms with Gasteiger partial charge in [0, 0.05) is 13.1 Å². The van der Waals surface area contributed by atoms with Crippen molar-refractivity contribution in [3.05, 3.63) is 12.2 Å². The molecule has 1 aliphatic carbocycles. The summed E-state index contributed by atoms with van der Waals surface area (Å²) in [5.74, 6) is 1.36. The lowest BCUT2D eigenvalue weighted by atomic mass is 9.94. The first-order valence-electron chi connectivity index (χ1n) is 8.27. The highest BCUT2D eigenvalue weighted by Crippen LogP contribution is 2.20. The zero-order chi connectivity index (χ0) is 15.3. The van der Waals surface area contributed by atoms with Gasteiger partial charge in [0.05, 0.1) is 0 Å². The number of ether oxygens (including phenoxy) is 1. The fourth-order valence-electron chi connectivity index (χ4n) is 3.02. The number of hydrogen-bond acceptors (Lipinski definition) is 3. The van der Waals surface area contributed by atoms with E-state index in [0.29, 0.717) is 5.92 Å². The van der Waals surface area contributed by atoms with Crippen molar-refractivity contribution in [1.29, 1.82) is 0 Å². The zero-order valence-corrected chi connectivity index (χ0v) is 13.7. The number of nitrogens with one attached hydrogen (secondary N) is 1. The molecule has 2 aliphatic rings. The van der Waals surface area contributed by atoms with E-state index in [1.165, 1.54) is 19.3 Å². The molecule has 21 heavy (non-hydrogen) atoms. The molecule has 4 nitrogen and oxygen atoms in total. The van der Waals surface area contributed by atoms with Crippen LogP contribution in [0.1, 0.15) is 46.5 Å². The second kappa shape index (κ2) is 7.30. The van der Waals surface area contributed by atoms with Gasteiger partial charge in [0.15, 0.2) is 0 Å². The first-order chi connectivity index (χ1) is 9.94. The van der Waals surface area contributed by atoms with Crippen LogP contribution in [-0.2, 0) is 4.74 Å². The summed E-state index contributed by atoms with van der Waals surface area (Å²) in [6, 6.07) is 0. The Kier molecular flexibility index (Phi) is 5.68. The molecule has 2 atom stereocenters. The topological polar surface area (TPSA) is 41.6 Å². The van der Waals surface area contributed by atoms with Crippen molar-refractivity contribution in [1.82, 2.24) is 10.2 Å². The molecule has 1 heterocycles. The van der Waals surface area contributed by atoms with E-state index in [1.54, 1.807) is 0 Å². The van der Waals surface area contributed by atoms with E-state index in [4.69, 9.17) is 4.74 Å². The Labute approximate surface area is 128 Å². The van der Waals surface area contributed by atoms with E-state index in [2.05, 4.69) is 17.5 Å². The minimum atomic E-state index is -0.401. The average Bonchev–Trinajstić information content (AvgIpc) is 2.87. The predicted octanol–water partition coefficient (Wildman–Crippen LogP) is 3.19. The van der Waals surface area contributed by atoms with Crippen LogP contribution in [0.2, 0.25) is 0 Å². The quantitative estimate of drug-likeness (QED) is 0.810. The molecule has 0 spiro atoms. The molecule has 4 heteroatoms. The Morgan fingerprint density at radius 3 is 2.67 bits per heavy atom. The van der Waals surface area contributed by atoms with E-state index in [9.17, 15) is 4.79 Å². The molecular weight excluding hydrogens is 264 g/mol. The van der Waals surface area contributed by atoms with Crippen LogP contribution in [0.15, 0.2) is 12.2 Å². The van der Waals surface area contributed by atoms with Crippen molar-refractivity contribution in [2.24, 2.45) is 11.8 Å². The number of amides is 1. The van der Waals surface area contributed by atoms with Crippen LogP contribution in [0.3, 0.4) is 0 Å². The lowest BCUT2D eigenvalue weighted by Crippen LogP contribution is -2.36. The molecule has 0 bridgehead atoms. The first-order valence-corrected chi connectivity index (χ1v) is 8.27. The summed E-state index contributed by atoms with van der Waals surface area (Å²) in [5.41, 5.74) is -0.401. The van der Waals surface area contributed by atoms with Crippen molar-refractivity contribution in [2.45, 2.75) is 52.1 Å². The summed E-state index contributed by atoms with van der Waals surface area (Å²) in [6.07, 6.45) is 9.24. The summed E-state index contributed by atoms with van der Waals surface area (Å²) >= 11 is 0. The van der Waals surface area contributed by atoms with E-state index >= 15 is 0 Å². The van der Waals surface area contributed by atoms with Crippen LogP contribution >= 0.6 is 0 Å². The lowest BCUT2D eigenvalue weighted by Gasteiger charge is -2.24. The number of carbonyl (C=O) groups is 1. The highest BCUT2D eigenvalue weighted by atomic mass is 16.6. The van der Waals surface area contributed by atoms with Gasteiger partial charge in [-0.3, -0.25) is 0 Å². The average molecular weight is 294 g/mol. The van der Waals surface area contributed by atoms with Crippen molar-refractivity contribution in [3.8, 4) is 0 Å². The number of hydrogen-bond donors (Lipinski definition) is 1. The Balaban J connectivity index is 1.63. The Morgan fingerprint density at radius 1 is 1.24 bits per heavy atom. The molecule has 1 aliphatic heterocycles. The summed E-state index contributed by atoms with van der Waals surface area (Å²) < 4.78 is 5.43. The maximum atomic E-state index is 12.0. The fraction of sp³-hybridized carbons (Fsp3) is 0.824. The lowest BCUT2D eigenvalue weighted by molar-refractivity contribution is 0.0288. The molecule has 0 aromatic rings. The van der Waals surface area contributed by atoms with Gasteiger partial charge in [-0.15, -0.1) is 0 Å². The van der Waals surface area contributed by atoms with E-state index in [-0.39, 0.29) is 6.09 Å². The maximum absolute atomic E-state index is 12.0. The molecule has 1 N–H and O–H groups in total. The fourth-order valence-corrected chi connectivity index (χ4v) is 3.02. The molecule has 120 valence electrons. The Hall–Kier alpha value is -1.03. The van der Waals surface area contributed by atoms with Crippen molar-refractivity contribution in [2.75, 3.05) is 26.2 Å². The number of nitrogens with zero attached hydrogens (tertiary/aromatic N) is 1. The smallest absolute Gasteiger partial charge is 0.410 e. The molecule has 1 saturated heterocycles. The van der Waals surface area contributed by atoms with Gasteiger partial charge in [0.2, 0.25) is 0 Å². The normalized spacial score (nSPS) is 26.1. The standard InChI is InChI=1S/C17H30N2O2/c1-17(2,3)21-16(20)19-10-9-15(13-19)12-18-11-14-7-5-4-6-8-14/h4-5,14-15,18H,6-13H2,1-3H3. The summed E-state index contributed by atoms with van der Waals surface area (Å²) in [6.45, 7) is 9.52. The second-order valence-corrected chi connectivity index (χ2v) is 7.39. The highest BCUT2D eigenvalue weighted by molar-refractivity contribution is 5.68. The van der Waals surface area contributed by atoms with Crippen LogP contribution in [0, 0.1) is 11.8 Å². The molecule has 0 saturated carbocycles. The van der Waals surface area contributed by atoms with Crippen molar-refractivity contribution < 1.29 is 9.53 Å². The predicted molar refractivity (Wildman–Crippen MR) is 85.3 cm³/mol. The number of carbonyl (C=O) groups excluding carboxylic acids is 1. The molecule has 1 amide bonds.